The van der Waals surface area contributed by atoms with Crippen molar-refractivity contribution in [3.05, 3.63) is 96.1 Å². The molecule has 1 aliphatic heterocycles. The van der Waals surface area contributed by atoms with Crippen molar-refractivity contribution < 1.29 is 9.59 Å². The zero-order valence-electron chi connectivity index (χ0n) is 20.3. The first-order valence-corrected chi connectivity index (χ1v) is 12.2. The van der Waals surface area contributed by atoms with Gasteiger partial charge in [-0.15, -0.1) is 0 Å². The highest BCUT2D eigenvalue weighted by Gasteiger charge is 2.16. The van der Waals surface area contributed by atoms with Crippen LogP contribution in [-0.2, 0) is 0 Å². The standard InChI is InChI=1S/C29H29N5O2/c1-33-17-6-18-34(20-19-33)23-14-11-22(12-15-23)28(35)31-26-10-5-3-8-24(26)29(36)32-27-16-13-21-7-2-4-9-25(21)30-27/h2-5,7-16H,6,17-20H2,1H3,(H,31,35)(H,30,32,36). The second-order valence-electron chi connectivity index (χ2n) is 9.03. The Morgan fingerprint density at radius 3 is 2.39 bits per heavy atom. The summed E-state index contributed by atoms with van der Waals surface area (Å²) in [4.78, 5) is 35.3. The zero-order valence-corrected chi connectivity index (χ0v) is 20.3. The van der Waals surface area contributed by atoms with Gasteiger partial charge in [-0.25, -0.2) is 4.98 Å². The topological polar surface area (TPSA) is 77.6 Å². The first kappa shape index (κ1) is 23.5. The number of hydrogen-bond acceptors (Lipinski definition) is 5. The van der Waals surface area contributed by atoms with E-state index in [2.05, 4.69) is 32.5 Å². The van der Waals surface area contributed by atoms with Gasteiger partial charge in [-0.05, 0) is 74.6 Å². The molecule has 0 unspecified atom stereocenters. The predicted octanol–water partition coefficient (Wildman–Crippen LogP) is 4.88. The molecule has 7 nitrogen and oxygen atoms in total. The molecule has 4 aromatic rings. The van der Waals surface area contributed by atoms with Crippen LogP contribution in [0.2, 0.25) is 0 Å². The minimum absolute atomic E-state index is 0.263. The first-order chi connectivity index (χ1) is 17.6. The number of pyridine rings is 1. The molecule has 2 heterocycles. The maximum Gasteiger partial charge on any atom is 0.258 e. The average Bonchev–Trinajstić information content (AvgIpc) is 3.13. The van der Waals surface area contributed by atoms with Crippen molar-refractivity contribution in [1.29, 1.82) is 0 Å². The lowest BCUT2D eigenvalue weighted by Gasteiger charge is -2.23. The molecule has 0 radical (unpaired) electrons. The smallest absolute Gasteiger partial charge is 0.258 e. The van der Waals surface area contributed by atoms with E-state index in [1.54, 1.807) is 30.3 Å². The van der Waals surface area contributed by atoms with Gasteiger partial charge in [0.1, 0.15) is 5.82 Å². The van der Waals surface area contributed by atoms with Crippen LogP contribution in [0, 0.1) is 0 Å². The number of benzene rings is 3. The van der Waals surface area contributed by atoms with E-state index in [0.29, 0.717) is 22.6 Å². The first-order valence-electron chi connectivity index (χ1n) is 12.2. The normalized spacial score (nSPS) is 14.3. The van der Waals surface area contributed by atoms with Gasteiger partial charge in [0.05, 0.1) is 16.8 Å². The predicted molar refractivity (Wildman–Crippen MR) is 145 cm³/mol. The Labute approximate surface area is 210 Å². The van der Waals surface area contributed by atoms with Crippen molar-refractivity contribution >= 4 is 39.9 Å². The lowest BCUT2D eigenvalue weighted by atomic mass is 10.1. The van der Waals surface area contributed by atoms with Gasteiger partial charge in [0.25, 0.3) is 11.8 Å². The van der Waals surface area contributed by atoms with Crippen molar-refractivity contribution in [3.8, 4) is 0 Å². The van der Waals surface area contributed by atoms with Gasteiger partial charge < -0.3 is 20.4 Å². The molecule has 1 saturated heterocycles. The number of aromatic nitrogens is 1. The van der Waals surface area contributed by atoms with Crippen molar-refractivity contribution in [1.82, 2.24) is 9.88 Å². The van der Waals surface area contributed by atoms with Gasteiger partial charge in [0.15, 0.2) is 0 Å². The highest BCUT2D eigenvalue weighted by Crippen LogP contribution is 2.21. The summed E-state index contributed by atoms with van der Waals surface area (Å²) >= 11 is 0. The van der Waals surface area contributed by atoms with Crippen LogP contribution in [0.4, 0.5) is 17.2 Å². The number of amides is 2. The van der Waals surface area contributed by atoms with Crippen LogP contribution in [0.15, 0.2) is 84.9 Å². The van der Waals surface area contributed by atoms with Crippen LogP contribution in [0.1, 0.15) is 27.1 Å². The Morgan fingerprint density at radius 2 is 1.53 bits per heavy atom. The van der Waals surface area contributed by atoms with E-state index in [9.17, 15) is 9.59 Å². The van der Waals surface area contributed by atoms with Gasteiger partial charge in [-0.3, -0.25) is 9.59 Å². The largest absolute Gasteiger partial charge is 0.370 e. The third-order valence-corrected chi connectivity index (χ3v) is 6.47. The fourth-order valence-corrected chi connectivity index (χ4v) is 4.43. The molecule has 182 valence electrons. The average molecular weight is 480 g/mol. The summed E-state index contributed by atoms with van der Waals surface area (Å²) in [5.74, 6) is -0.147. The molecule has 7 heteroatoms. The molecule has 1 aromatic heterocycles. The molecule has 0 bridgehead atoms. The SMILES string of the molecule is CN1CCCN(c2ccc(C(=O)Nc3ccccc3C(=O)Nc3ccc4ccccc4n3)cc2)CC1. The second kappa shape index (κ2) is 10.6. The number of anilines is 3. The molecule has 0 spiro atoms. The molecule has 1 fully saturated rings. The molecular weight excluding hydrogens is 450 g/mol. The Bertz CT molecular complexity index is 1390. The number of carbonyl (C=O) groups excluding carboxylic acids is 2. The van der Waals surface area contributed by atoms with Crippen molar-refractivity contribution in [2.45, 2.75) is 6.42 Å². The molecule has 1 aliphatic rings. The quantitative estimate of drug-likeness (QED) is 0.427. The fraction of sp³-hybridized carbons (Fsp3) is 0.207. The number of rotatable bonds is 5. The van der Waals surface area contributed by atoms with E-state index in [-0.39, 0.29) is 11.8 Å². The summed E-state index contributed by atoms with van der Waals surface area (Å²) in [5, 5.41) is 6.74. The number of para-hydroxylation sites is 2. The van der Waals surface area contributed by atoms with Crippen LogP contribution in [0.3, 0.4) is 0 Å². The van der Waals surface area contributed by atoms with Gasteiger partial charge >= 0.3 is 0 Å². The van der Waals surface area contributed by atoms with E-state index in [4.69, 9.17) is 0 Å². The summed E-state index contributed by atoms with van der Waals surface area (Å²) < 4.78 is 0. The number of hydrogen-bond donors (Lipinski definition) is 2. The van der Waals surface area contributed by atoms with Crippen LogP contribution < -0.4 is 15.5 Å². The lowest BCUT2D eigenvalue weighted by Crippen LogP contribution is -2.28. The molecule has 0 aliphatic carbocycles. The Hall–Kier alpha value is -4.23. The number of nitrogens with zero attached hydrogens (tertiary/aromatic N) is 3. The molecule has 36 heavy (non-hydrogen) atoms. The molecule has 2 N–H and O–H groups in total. The van der Waals surface area contributed by atoms with Gasteiger partial charge in [-0.1, -0.05) is 30.3 Å². The monoisotopic (exact) mass is 479 g/mol. The maximum absolute atomic E-state index is 13.0. The summed E-state index contributed by atoms with van der Waals surface area (Å²) in [6, 6.07) is 26.0. The highest BCUT2D eigenvalue weighted by molar-refractivity contribution is 6.12. The number of carbonyl (C=O) groups is 2. The van der Waals surface area contributed by atoms with Crippen LogP contribution in [-0.4, -0.2) is 54.9 Å². The minimum atomic E-state index is -0.338. The Kier molecular flexibility index (Phi) is 6.91. The molecule has 0 saturated carbocycles. The molecule has 3 aromatic carbocycles. The summed E-state index contributed by atoms with van der Waals surface area (Å²) in [6.45, 7) is 4.09. The van der Waals surface area contributed by atoms with Crippen molar-refractivity contribution in [3.63, 3.8) is 0 Å². The second-order valence-corrected chi connectivity index (χ2v) is 9.03. The number of fused-ring (bicyclic) bond motifs is 1. The van der Waals surface area contributed by atoms with Gasteiger partial charge in [0, 0.05) is 36.3 Å². The summed E-state index contributed by atoms with van der Waals surface area (Å²) in [6.07, 6.45) is 1.12. The van der Waals surface area contributed by atoms with Crippen LogP contribution in [0.25, 0.3) is 10.9 Å². The third kappa shape index (κ3) is 5.37. The zero-order chi connectivity index (χ0) is 24.9. The number of likely N-dealkylation sites (N-methyl/N-ethyl adjacent to an activating group) is 1. The summed E-state index contributed by atoms with van der Waals surface area (Å²) in [7, 11) is 2.15. The minimum Gasteiger partial charge on any atom is -0.370 e. The van der Waals surface area contributed by atoms with Gasteiger partial charge in [0.2, 0.25) is 0 Å². The molecule has 0 atom stereocenters. The number of nitrogens with one attached hydrogen (secondary N) is 2. The lowest BCUT2D eigenvalue weighted by molar-refractivity contribution is 0.102. The van der Waals surface area contributed by atoms with E-state index in [0.717, 1.165) is 49.2 Å². The highest BCUT2D eigenvalue weighted by atomic mass is 16.2. The van der Waals surface area contributed by atoms with E-state index >= 15 is 0 Å². The van der Waals surface area contributed by atoms with Crippen molar-refractivity contribution in [2.75, 3.05) is 48.8 Å². The molecule has 5 rings (SSSR count). The maximum atomic E-state index is 13.0. The van der Waals surface area contributed by atoms with E-state index < -0.39 is 0 Å². The van der Waals surface area contributed by atoms with E-state index in [1.165, 1.54) is 0 Å². The third-order valence-electron chi connectivity index (χ3n) is 6.47. The van der Waals surface area contributed by atoms with E-state index in [1.807, 2.05) is 54.6 Å². The summed E-state index contributed by atoms with van der Waals surface area (Å²) in [5.41, 5.74) is 3.26. The Morgan fingerprint density at radius 1 is 0.750 bits per heavy atom. The van der Waals surface area contributed by atoms with Crippen molar-refractivity contribution in [2.24, 2.45) is 0 Å². The Balaban J connectivity index is 1.28. The van der Waals surface area contributed by atoms with Gasteiger partial charge in [-0.2, -0.15) is 0 Å². The fourth-order valence-electron chi connectivity index (χ4n) is 4.43. The molecule has 2 amide bonds. The molecular formula is C29H29N5O2. The van der Waals surface area contributed by atoms with Crippen LogP contribution >= 0.6 is 0 Å². The van der Waals surface area contributed by atoms with Crippen LogP contribution in [0.5, 0.6) is 0 Å².